The van der Waals surface area contributed by atoms with Crippen molar-refractivity contribution in [2.75, 3.05) is 13.2 Å². The molecule has 0 aliphatic carbocycles. The van der Waals surface area contributed by atoms with Gasteiger partial charge >= 0.3 is 12.4 Å². The van der Waals surface area contributed by atoms with E-state index in [1.165, 1.54) is 19.1 Å². The van der Waals surface area contributed by atoms with E-state index in [4.69, 9.17) is 9.47 Å². The molecule has 1 N–H and O–H groups in total. The number of morpholine rings is 1. The average Bonchev–Trinajstić information content (AvgIpc) is 2.69. The molecule has 0 spiro atoms. The molecule has 178 valence electrons. The van der Waals surface area contributed by atoms with Gasteiger partial charge in [0, 0.05) is 6.54 Å². The highest BCUT2D eigenvalue weighted by Gasteiger charge is 2.38. The molecular weight excluding hydrogens is 467 g/mol. The quantitative estimate of drug-likeness (QED) is 0.531. The summed E-state index contributed by atoms with van der Waals surface area (Å²) in [7, 11) is 0. The lowest BCUT2D eigenvalue weighted by atomic mass is 10.0. The van der Waals surface area contributed by atoms with Gasteiger partial charge in [-0.1, -0.05) is 12.1 Å². The maximum Gasteiger partial charge on any atom is 0.416 e. The topological polar surface area (TPSA) is 30.5 Å². The van der Waals surface area contributed by atoms with E-state index in [0.717, 1.165) is 5.56 Å². The van der Waals surface area contributed by atoms with E-state index in [0.29, 0.717) is 25.1 Å². The van der Waals surface area contributed by atoms with Gasteiger partial charge in [-0.05, 0) is 54.8 Å². The molecule has 0 saturated carbocycles. The Hall–Kier alpha value is -1.88. The van der Waals surface area contributed by atoms with Crippen molar-refractivity contribution in [2.24, 2.45) is 0 Å². The van der Waals surface area contributed by atoms with Crippen molar-refractivity contribution in [3.05, 3.63) is 70.5 Å². The summed E-state index contributed by atoms with van der Waals surface area (Å²) in [5.74, 6) is -0.400. The number of hydrogen-bond donors (Lipinski definition) is 1. The Kier molecular flexibility index (Phi) is 8.55. The first-order valence-corrected chi connectivity index (χ1v) is 9.48. The smallest absolute Gasteiger partial charge is 0.350 e. The van der Waals surface area contributed by atoms with E-state index in [1.54, 1.807) is 12.1 Å². The minimum Gasteiger partial charge on any atom is -0.350 e. The fraction of sp³-hybridized carbons (Fsp3) is 0.429. The normalized spacial score (nSPS) is 20.5. The molecule has 11 heteroatoms. The fourth-order valence-electron chi connectivity index (χ4n) is 3.30. The van der Waals surface area contributed by atoms with Gasteiger partial charge in [-0.15, -0.1) is 12.4 Å². The summed E-state index contributed by atoms with van der Waals surface area (Å²) in [6.07, 6.45) is -11.5. The second-order valence-electron chi connectivity index (χ2n) is 7.25. The van der Waals surface area contributed by atoms with Gasteiger partial charge in [0.25, 0.3) is 0 Å². The van der Waals surface area contributed by atoms with E-state index in [2.05, 4.69) is 5.32 Å². The van der Waals surface area contributed by atoms with Gasteiger partial charge in [0.1, 0.15) is 5.82 Å². The molecule has 3 atom stereocenters. The second-order valence-corrected chi connectivity index (χ2v) is 7.25. The minimum atomic E-state index is -4.94. The number of rotatable bonds is 5. The van der Waals surface area contributed by atoms with Crippen molar-refractivity contribution >= 4 is 12.4 Å². The summed E-state index contributed by atoms with van der Waals surface area (Å²) in [6, 6.07) is 6.68. The SMILES string of the molecule is C[C@@H](O[C@H]1OCCN[C@H]1Cc1ccc(F)cc1)c1cc(C(F)(F)F)cc(C(F)(F)F)c1.Cl. The lowest BCUT2D eigenvalue weighted by Crippen LogP contribution is -2.51. The van der Waals surface area contributed by atoms with E-state index < -0.39 is 47.7 Å². The van der Waals surface area contributed by atoms with E-state index in [1.807, 2.05) is 0 Å². The van der Waals surface area contributed by atoms with Gasteiger partial charge in [-0.2, -0.15) is 26.3 Å². The zero-order valence-electron chi connectivity index (χ0n) is 16.8. The first kappa shape index (κ1) is 26.4. The molecule has 0 aromatic heterocycles. The summed E-state index contributed by atoms with van der Waals surface area (Å²) in [5, 5.41) is 3.16. The third kappa shape index (κ3) is 6.81. The van der Waals surface area contributed by atoms with Crippen LogP contribution < -0.4 is 5.32 Å². The first-order valence-electron chi connectivity index (χ1n) is 9.48. The van der Waals surface area contributed by atoms with Crippen molar-refractivity contribution < 1.29 is 40.2 Å². The summed E-state index contributed by atoms with van der Waals surface area (Å²) >= 11 is 0. The van der Waals surface area contributed by atoms with Gasteiger partial charge < -0.3 is 14.8 Å². The molecule has 0 amide bonds. The first-order chi connectivity index (χ1) is 14.4. The van der Waals surface area contributed by atoms with Crippen LogP contribution in [0.4, 0.5) is 30.7 Å². The number of hydrogen-bond acceptors (Lipinski definition) is 3. The van der Waals surface area contributed by atoms with Crippen LogP contribution in [0.15, 0.2) is 42.5 Å². The van der Waals surface area contributed by atoms with Crippen LogP contribution >= 0.6 is 12.4 Å². The number of nitrogens with one attached hydrogen (secondary N) is 1. The van der Waals surface area contributed by atoms with Crippen molar-refractivity contribution in [3.8, 4) is 0 Å². The molecule has 3 rings (SSSR count). The van der Waals surface area contributed by atoms with Gasteiger partial charge in [0.2, 0.25) is 0 Å². The molecule has 0 bridgehead atoms. The Morgan fingerprint density at radius 3 is 2.09 bits per heavy atom. The number of benzene rings is 2. The Morgan fingerprint density at radius 1 is 1.00 bits per heavy atom. The van der Waals surface area contributed by atoms with Crippen LogP contribution in [-0.2, 0) is 28.2 Å². The predicted octanol–water partition coefficient (Wildman–Crippen LogP) is 5.92. The molecule has 1 aliphatic heterocycles. The highest BCUT2D eigenvalue weighted by molar-refractivity contribution is 5.85. The number of halogens is 8. The van der Waals surface area contributed by atoms with Crippen LogP contribution in [0.2, 0.25) is 0 Å². The molecular formula is C21H21ClF7NO2. The summed E-state index contributed by atoms with van der Waals surface area (Å²) < 4.78 is 103. The average molecular weight is 488 g/mol. The zero-order valence-corrected chi connectivity index (χ0v) is 17.6. The molecule has 0 unspecified atom stereocenters. The van der Waals surface area contributed by atoms with E-state index in [9.17, 15) is 30.7 Å². The van der Waals surface area contributed by atoms with Crippen LogP contribution in [0.25, 0.3) is 0 Å². The summed E-state index contributed by atoms with van der Waals surface area (Å²) in [6.45, 7) is 2.11. The molecule has 1 heterocycles. The van der Waals surface area contributed by atoms with Crippen molar-refractivity contribution in [2.45, 2.75) is 44.1 Å². The fourth-order valence-corrected chi connectivity index (χ4v) is 3.30. The van der Waals surface area contributed by atoms with Crippen molar-refractivity contribution in [3.63, 3.8) is 0 Å². The lowest BCUT2D eigenvalue weighted by Gasteiger charge is -2.34. The van der Waals surface area contributed by atoms with Crippen LogP contribution in [0.1, 0.15) is 35.3 Å². The largest absolute Gasteiger partial charge is 0.416 e. The highest BCUT2D eigenvalue weighted by Crippen LogP contribution is 2.38. The molecule has 1 aliphatic rings. The third-order valence-electron chi connectivity index (χ3n) is 4.91. The molecule has 1 fully saturated rings. The second kappa shape index (κ2) is 10.4. The summed E-state index contributed by atoms with van der Waals surface area (Å²) in [5.41, 5.74) is -2.31. The van der Waals surface area contributed by atoms with Crippen molar-refractivity contribution in [1.82, 2.24) is 5.32 Å². The van der Waals surface area contributed by atoms with Crippen LogP contribution in [0.5, 0.6) is 0 Å². The van der Waals surface area contributed by atoms with Gasteiger partial charge in [0.15, 0.2) is 6.29 Å². The monoisotopic (exact) mass is 487 g/mol. The Labute approximate surface area is 186 Å². The summed E-state index contributed by atoms with van der Waals surface area (Å²) in [4.78, 5) is 0. The molecule has 3 nitrogen and oxygen atoms in total. The van der Waals surface area contributed by atoms with Crippen molar-refractivity contribution in [1.29, 1.82) is 0 Å². The van der Waals surface area contributed by atoms with Crippen LogP contribution in [0, 0.1) is 5.82 Å². The van der Waals surface area contributed by atoms with Gasteiger partial charge in [0.05, 0.1) is 29.9 Å². The predicted molar refractivity (Wildman–Crippen MR) is 105 cm³/mol. The maximum atomic E-state index is 13.1. The third-order valence-corrected chi connectivity index (χ3v) is 4.91. The zero-order chi connectivity index (χ0) is 22.8. The standard InChI is InChI=1S/C21H20F7NO2.ClH/c1-12(14-9-15(20(23,24)25)11-16(10-14)21(26,27)28)31-19-18(29-6-7-30-19)8-13-2-4-17(22)5-3-13;/h2-5,9-12,18-19,29H,6-8H2,1H3;1H/t12-,18+,19-;/m1./s1. The number of ether oxygens (including phenoxy) is 2. The van der Waals surface area contributed by atoms with Crippen LogP contribution in [-0.4, -0.2) is 25.5 Å². The molecule has 2 aromatic carbocycles. The van der Waals surface area contributed by atoms with E-state index >= 15 is 0 Å². The molecule has 2 aromatic rings. The lowest BCUT2D eigenvalue weighted by molar-refractivity contribution is -0.198. The number of alkyl halides is 6. The minimum absolute atomic E-state index is 0. The van der Waals surface area contributed by atoms with Gasteiger partial charge in [-0.3, -0.25) is 0 Å². The molecule has 32 heavy (non-hydrogen) atoms. The molecule has 1 saturated heterocycles. The van der Waals surface area contributed by atoms with E-state index in [-0.39, 0.29) is 30.6 Å². The maximum absolute atomic E-state index is 13.1. The Bertz CT molecular complexity index is 855. The Morgan fingerprint density at radius 2 is 1.56 bits per heavy atom. The highest BCUT2D eigenvalue weighted by atomic mass is 35.5. The molecule has 0 radical (unpaired) electrons. The Balaban J connectivity index is 0.00000363. The van der Waals surface area contributed by atoms with Crippen LogP contribution in [0.3, 0.4) is 0 Å². The van der Waals surface area contributed by atoms with Gasteiger partial charge in [-0.25, -0.2) is 4.39 Å².